The summed E-state index contributed by atoms with van der Waals surface area (Å²) in [6.45, 7) is 4.80. The predicted molar refractivity (Wildman–Crippen MR) is 70.0 cm³/mol. The van der Waals surface area contributed by atoms with Gasteiger partial charge in [0.25, 0.3) is 0 Å². The van der Waals surface area contributed by atoms with Gasteiger partial charge in [-0.3, -0.25) is 0 Å². The maximum absolute atomic E-state index is 5.91. The number of hydrogen-bond donors (Lipinski definition) is 1. The Labute approximate surface area is 102 Å². The van der Waals surface area contributed by atoms with Crippen LogP contribution in [-0.2, 0) is 6.42 Å². The van der Waals surface area contributed by atoms with Crippen molar-refractivity contribution in [2.24, 2.45) is 5.73 Å². The van der Waals surface area contributed by atoms with Crippen molar-refractivity contribution in [1.29, 1.82) is 0 Å². The second-order valence-electron chi connectivity index (χ2n) is 4.27. The van der Waals surface area contributed by atoms with E-state index in [2.05, 4.69) is 47.7 Å². The molecule has 2 N–H and O–H groups in total. The maximum atomic E-state index is 5.91. The SMILES string of the molecule is CCc1nccn1C(CN)c1ccc(C)cc1. The maximum Gasteiger partial charge on any atom is 0.108 e. The fourth-order valence-corrected chi connectivity index (χ4v) is 2.10. The molecule has 3 heteroatoms. The average molecular weight is 229 g/mol. The van der Waals surface area contributed by atoms with Crippen molar-refractivity contribution < 1.29 is 0 Å². The molecule has 0 saturated heterocycles. The first-order chi connectivity index (χ1) is 8.26. The molecule has 0 radical (unpaired) electrons. The molecule has 0 aliphatic rings. The topological polar surface area (TPSA) is 43.8 Å². The molecule has 90 valence electrons. The van der Waals surface area contributed by atoms with E-state index in [1.807, 2.05) is 12.4 Å². The third-order valence-electron chi connectivity index (χ3n) is 3.09. The summed E-state index contributed by atoms with van der Waals surface area (Å²) in [5.74, 6) is 1.08. The smallest absolute Gasteiger partial charge is 0.108 e. The van der Waals surface area contributed by atoms with Crippen molar-refractivity contribution in [1.82, 2.24) is 9.55 Å². The van der Waals surface area contributed by atoms with Gasteiger partial charge in [0.05, 0.1) is 6.04 Å². The first-order valence-corrected chi connectivity index (χ1v) is 6.04. The normalized spacial score (nSPS) is 12.6. The molecule has 2 aromatic rings. The third kappa shape index (κ3) is 2.39. The lowest BCUT2D eigenvalue weighted by Crippen LogP contribution is -2.21. The van der Waals surface area contributed by atoms with E-state index in [1.165, 1.54) is 11.1 Å². The molecule has 3 nitrogen and oxygen atoms in total. The Bertz CT molecular complexity index is 470. The van der Waals surface area contributed by atoms with Crippen molar-refractivity contribution >= 4 is 0 Å². The van der Waals surface area contributed by atoms with Crippen LogP contribution >= 0.6 is 0 Å². The van der Waals surface area contributed by atoms with Crippen LogP contribution in [0.25, 0.3) is 0 Å². The molecule has 1 atom stereocenters. The van der Waals surface area contributed by atoms with Gasteiger partial charge >= 0.3 is 0 Å². The summed E-state index contributed by atoms with van der Waals surface area (Å²) < 4.78 is 2.17. The van der Waals surface area contributed by atoms with Gasteiger partial charge in [-0.15, -0.1) is 0 Å². The lowest BCUT2D eigenvalue weighted by Gasteiger charge is -2.19. The Morgan fingerprint density at radius 2 is 2.00 bits per heavy atom. The zero-order chi connectivity index (χ0) is 12.3. The molecule has 0 saturated carbocycles. The number of benzene rings is 1. The van der Waals surface area contributed by atoms with Crippen LogP contribution in [0.15, 0.2) is 36.7 Å². The highest BCUT2D eigenvalue weighted by Gasteiger charge is 2.14. The lowest BCUT2D eigenvalue weighted by molar-refractivity contribution is 0.568. The Morgan fingerprint density at radius 3 is 2.59 bits per heavy atom. The summed E-state index contributed by atoms with van der Waals surface area (Å²) in [6.07, 6.45) is 4.78. The van der Waals surface area contributed by atoms with Gasteiger partial charge < -0.3 is 10.3 Å². The van der Waals surface area contributed by atoms with Gasteiger partial charge in [-0.05, 0) is 12.5 Å². The minimum absolute atomic E-state index is 0.188. The van der Waals surface area contributed by atoms with Crippen molar-refractivity contribution in [3.05, 3.63) is 53.6 Å². The summed E-state index contributed by atoms with van der Waals surface area (Å²) in [5.41, 5.74) is 8.42. The molecule has 17 heavy (non-hydrogen) atoms. The van der Waals surface area contributed by atoms with Gasteiger partial charge in [-0.1, -0.05) is 36.8 Å². The summed E-state index contributed by atoms with van der Waals surface area (Å²) in [4.78, 5) is 4.35. The highest BCUT2D eigenvalue weighted by Crippen LogP contribution is 2.19. The number of imidazole rings is 1. The van der Waals surface area contributed by atoms with Crippen molar-refractivity contribution in [2.75, 3.05) is 6.54 Å². The van der Waals surface area contributed by atoms with E-state index >= 15 is 0 Å². The Kier molecular flexibility index (Phi) is 3.59. The number of aryl methyl sites for hydroxylation is 2. The molecule has 1 heterocycles. The van der Waals surface area contributed by atoms with E-state index in [0.717, 1.165) is 12.2 Å². The van der Waals surface area contributed by atoms with Crippen LogP contribution in [-0.4, -0.2) is 16.1 Å². The third-order valence-corrected chi connectivity index (χ3v) is 3.09. The number of hydrogen-bond acceptors (Lipinski definition) is 2. The molecule has 0 fully saturated rings. The molecule has 1 aromatic carbocycles. The molecule has 1 aromatic heterocycles. The first-order valence-electron chi connectivity index (χ1n) is 6.04. The Hall–Kier alpha value is -1.61. The van der Waals surface area contributed by atoms with E-state index in [0.29, 0.717) is 6.54 Å². The van der Waals surface area contributed by atoms with E-state index < -0.39 is 0 Å². The fourth-order valence-electron chi connectivity index (χ4n) is 2.10. The zero-order valence-electron chi connectivity index (χ0n) is 10.4. The van der Waals surface area contributed by atoms with Gasteiger partial charge in [0, 0.05) is 25.4 Å². The summed E-state index contributed by atoms with van der Waals surface area (Å²) in [6, 6.07) is 8.73. The predicted octanol–water partition coefficient (Wildman–Crippen LogP) is 2.30. The van der Waals surface area contributed by atoms with Crippen molar-refractivity contribution in [3.8, 4) is 0 Å². The lowest BCUT2D eigenvalue weighted by atomic mass is 10.0. The molecular formula is C14H19N3. The second kappa shape index (κ2) is 5.15. The summed E-state index contributed by atoms with van der Waals surface area (Å²) >= 11 is 0. The average Bonchev–Trinajstić information content (AvgIpc) is 2.81. The second-order valence-corrected chi connectivity index (χ2v) is 4.27. The highest BCUT2D eigenvalue weighted by atomic mass is 15.1. The zero-order valence-corrected chi connectivity index (χ0v) is 10.4. The quantitative estimate of drug-likeness (QED) is 0.874. The minimum atomic E-state index is 0.188. The molecule has 0 aliphatic carbocycles. The molecular weight excluding hydrogens is 210 g/mol. The van der Waals surface area contributed by atoms with Crippen LogP contribution in [0.5, 0.6) is 0 Å². The number of aromatic nitrogens is 2. The van der Waals surface area contributed by atoms with Crippen molar-refractivity contribution in [2.45, 2.75) is 26.3 Å². The van der Waals surface area contributed by atoms with Crippen LogP contribution in [0.4, 0.5) is 0 Å². The van der Waals surface area contributed by atoms with E-state index in [4.69, 9.17) is 5.73 Å². The molecule has 0 amide bonds. The standard InChI is InChI=1S/C14H19N3/c1-3-14-16-8-9-17(14)13(10-15)12-6-4-11(2)5-7-12/h4-9,13H,3,10,15H2,1-2H3. The van der Waals surface area contributed by atoms with Crippen LogP contribution in [0.1, 0.15) is 29.9 Å². The molecule has 0 aliphatic heterocycles. The highest BCUT2D eigenvalue weighted by molar-refractivity contribution is 5.25. The molecule has 0 spiro atoms. The number of rotatable bonds is 4. The van der Waals surface area contributed by atoms with Gasteiger partial charge in [-0.2, -0.15) is 0 Å². The molecule has 0 bridgehead atoms. The molecule has 1 unspecified atom stereocenters. The van der Waals surface area contributed by atoms with E-state index in [1.54, 1.807) is 0 Å². The first kappa shape index (κ1) is 11.9. The summed E-state index contributed by atoms with van der Waals surface area (Å²) in [5, 5.41) is 0. The van der Waals surface area contributed by atoms with Crippen LogP contribution in [0.3, 0.4) is 0 Å². The monoisotopic (exact) mass is 229 g/mol. The number of nitrogens with zero attached hydrogens (tertiary/aromatic N) is 2. The molecule has 2 rings (SSSR count). The van der Waals surface area contributed by atoms with Crippen LogP contribution in [0, 0.1) is 6.92 Å². The summed E-state index contributed by atoms with van der Waals surface area (Å²) in [7, 11) is 0. The fraction of sp³-hybridized carbons (Fsp3) is 0.357. The Morgan fingerprint density at radius 1 is 1.29 bits per heavy atom. The van der Waals surface area contributed by atoms with Crippen molar-refractivity contribution in [3.63, 3.8) is 0 Å². The van der Waals surface area contributed by atoms with E-state index in [-0.39, 0.29) is 6.04 Å². The number of nitrogens with two attached hydrogens (primary N) is 1. The van der Waals surface area contributed by atoms with Gasteiger partial charge in [0.1, 0.15) is 5.82 Å². The van der Waals surface area contributed by atoms with Crippen LogP contribution < -0.4 is 5.73 Å². The van der Waals surface area contributed by atoms with E-state index in [9.17, 15) is 0 Å². The van der Waals surface area contributed by atoms with Gasteiger partial charge in [-0.25, -0.2) is 4.98 Å². The van der Waals surface area contributed by atoms with Crippen LogP contribution in [0.2, 0.25) is 0 Å². The minimum Gasteiger partial charge on any atom is -0.328 e. The van der Waals surface area contributed by atoms with Gasteiger partial charge in [0.2, 0.25) is 0 Å². The Balaban J connectivity index is 2.36. The largest absolute Gasteiger partial charge is 0.328 e. The van der Waals surface area contributed by atoms with Gasteiger partial charge in [0.15, 0.2) is 0 Å².